The zero-order valence-corrected chi connectivity index (χ0v) is 10.9. The summed E-state index contributed by atoms with van der Waals surface area (Å²) in [5.74, 6) is -3.83. The van der Waals surface area contributed by atoms with Gasteiger partial charge in [-0.05, 0) is 23.8 Å². The number of ether oxygens (including phenoxy) is 1. The van der Waals surface area contributed by atoms with Crippen molar-refractivity contribution in [3.63, 3.8) is 0 Å². The lowest BCUT2D eigenvalue weighted by atomic mass is 9.92. The fourth-order valence-electron chi connectivity index (χ4n) is 1.92. The van der Waals surface area contributed by atoms with E-state index in [2.05, 4.69) is 20.7 Å². The molecule has 0 bridgehead atoms. The van der Waals surface area contributed by atoms with E-state index < -0.39 is 23.7 Å². The summed E-state index contributed by atoms with van der Waals surface area (Å²) < 4.78 is 31.9. The third kappa shape index (κ3) is 1.70. The maximum Gasteiger partial charge on any atom is 0.338 e. The summed E-state index contributed by atoms with van der Waals surface area (Å²) in [4.78, 5) is 11.6. The molecular weight excluding hydrogens is 308 g/mol. The van der Waals surface area contributed by atoms with E-state index in [9.17, 15) is 13.6 Å². The number of methoxy groups -OCH3 is 1. The Bertz CT molecular complexity index is 568. The second kappa shape index (κ2) is 4.02. The van der Waals surface area contributed by atoms with Gasteiger partial charge in [0, 0.05) is 10.9 Å². The van der Waals surface area contributed by atoms with Crippen LogP contribution < -0.4 is 0 Å². The van der Waals surface area contributed by atoms with Crippen LogP contribution in [-0.4, -0.2) is 19.0 Å². The maximum absolute atomic E-state index is 13.4. The minimum absolute atomic E-state index is 0.000532. The molecule has 0 N–H and O–H groups in total. The molecule has 94 valence electrons. The molecule has 18 heavy (non-hydrogen) atoms. The number of nitrogens with zero attached hydrogens (tertiary/aromatic N) is 1. The largest absolute Gasteiger partial charge is 0.465 e. The Kier molecular flexibility index (Phi) is 2.90. The average Bonchev–Trinajstić information content (AvgIpc) is 2.92. The minimum Gasteiger partial charge on any atom is -0.465 e. The normalized spacial score (nSPS) is 24.2. The van der Waals surface area contributed by atoms with Gasteiger partial charge in [0.15, 0.2) is 5.41 Å². The quantitative estimate of drug-likeness (QED) is 0.788. The Morgan fingerprint density at radius 3 is 2.61 bits per heavy atom. The molecule has 3 nitrogen and oxygen atoms in total. The molecule has 0 amide bonds. The van der Waals surface area contributed by atoms with Gasteiger partial charge < -0.3 is 4.74 Å². The maximum atomic E-state index is 13.4. The highest BCUT2D eigenvalue weighted by molar-refractivity contribution is 9.10. The van der Waals surface area contributed by atoms with Crippen LogP contribution in [0.15, 0.2) is 22.7 Å². The van der Waals surface area contributed by atoms with E-state index in [1.165, 1.54) is 12.1 Å². The second-order valence-corrected chi connectivity index (χ2v) is 5.00. The minimum atomic E-state index is -3.11. The number of nitriles is 1. The van der Waals surface area contributed by atoms with Crippen molar-refractivity contribution >= 4 is 21.9 Å². The number of carbonyl (C=O) groups excluding carboxylic acids is 1. The lowest BCUT2D eigenvalue weighted by molar-refractivity contribution is 0.0597. The molecule has 1 aromatic carbocycles. The lowest BCUT2D eigenvalue weighted by Gasteiger charge is -2.13. The van der Waals surface area contributed by atoms with Crippen LogP contribution in [0.3, 0.4) is 0 Å². The van der Waals surface area contributed by atoms with Crippen LogP contribution in [0.25, 0.3) is 0 Å². The van der Waals surface area contributed by atoms with Gasteiger partial charge in [-0.3, -0.25) is 0 Å². The summed E-state index contributed by atoms with van der Waals surface area (Å²) in [6.07, 6.45) is -0.572. The Balaban J connectivity index is 2.61. The topological polar surface area (TPSA) is 50.1 Å². The van der Waals surface area contributed by atoms with E-state index in [-0.39, 0.29) is 11.1 Å². The van der Waals surface area contributed by atoms with E-state index in [0.29, 0.717) is 4.47 Å². The van der Waals surface area contributed by atoms with E-state index in [0.717, 1.165) is 7.11 Å². The molecular formula is C12H8BrF2NO2. The van der Waals surface area contributed by atoms with Crippen LogP contribution in [0.5, 0.6) is 0 Å². The second-order valence-electron chi connectivity index (χ2n) is 4.08. The SMILES string of the molecule is COC(=O)c1ccc(Br)cc1C1(C#N)CC1(F)F. The number of alkyl halides is 2. The highest BCUT2D eigenvalue weighted by Gasteiger charge is 2.74. The van der Waals surface area contributed by atoms with Gasteiger partial charge in [0.1, 0.15) is 0 Å². The van der Waals surface area contributed by atoms with Crippen molar-refractivity contribution in [2.75, 3.05) is 7.11 Å². The van der Waals surface area contributed by atoms with Crippen molar-refractivity contribution in [2.24, 2.45) is 0 Å². The van der Waals surface area contributed by atoms with Crippen molar-refractivity contribution in [1.82, 2.24) is 0 Å². The van der Waals surface area contributed by atoms with E-state index in [1.807, 2.05) is 0 Å². The van der Waals surface area contributed by atoms with Gasteiger partial charge in [-0.2, -0.15) is 5.26 Å². The molecule has 6 heteroatoms. The molecule has 2 rings (SSSR count). The molecule has 0 aromatic heterocycles. The molecule has 1 aliphatic carbocycles. The molecule has 0 aliphatic heterocycles. The van der Waals surface area contributed by atoms with E-state index >= 15 is 0 Å². The molecule has 1 aliphatic rings. The molecule has 0 saturated heterocycles. The molecule has 0 radical (unpaired) electrons. The van der Waals surface area contributed by atoms with Crippen LogP contribution in [0.2, 0.25) is 0 Å². The average molecular weight is 316 g/mol. The first-order valence-corrected chi connectivity index (χ1v) is 5.85. The van der Waals surface area contributed by atoms with Gasteiger partial charge in [-0.25, -0.2) is 13.6 Å². The number of rotatable bonds is 2. The van der Waals surface area contributed by atoms with E-state index in [4.69, 9.17) is 5.26 Å². The Morgan fingerprint density at radius 2 is 2.17 bits per heavy atom. The van der Waals surface area contributed by atoms with Crippen molar-refractivity contribution in [3.8, 4) is 6.07 Å². The first kappa shape index (κ1) is 13.0. The van der Waals surface area contributed by atoms with Gasteiger partial charge in [-0.1, -0.05) is 15.9 Å². The predicted octanol–water partition coefficient (Wildman–Crippen LogP) is 3.04. The first-order chi connectivity index (χ1) is 8.38. The molecule has 0 heterocycles. The molecule has 1 saturated carbocycles. The standard InChI is InChI=1S/C12H8BrF2NO2/c1-18-10(17)8-3-2-7(13)4-9(8)11(6-16)5-12(11,14)15/h2-4H,5H2,1H3. The molecule has 1 atom stereocenters. The van der Waals surface area contributed by atoms with Gasteiger partial charge in [0.25, 0.3) is 5.92 Å². The number of esters is 1. The van der Waals surface area contributed by atoms with Crippen molar-refractivity contribution in [2.45, 2.75) is 17.8 Å². The van der Waals surface area contributed by atoms with Gasteiger partial charge in [0.05, 0.1) is 18.7 Å². The third-order valence-electron chi connectivity index (χ3n) is 3.02. The first-order valence-electron chi connectivity index (χ1n) is 5.05. The number of carbonyl (C=O) groups is 1. The van der Waals surface area contributed by atoms with Crippen molar-refractivity contribution < 1.29 is 18.3 Å². The van der Waals surface area contributed by atoms with Crippen LogP contribution >= 0.6 is 15.9 Å². The Hall–Kier alpha value is -1.48. The van der Waals surface area contributed by atoms with Crippen LogP contribution in [0.1, 0.15) is 22.3 Å². The zero-order chi connectivity index (χ0) is 13.6. The van der Waals surface area contributed by atoms with Crippen LogP contribution in [0, 0.1) is 11.3 Å². The smallest absolute Gasteiger partial charge is 0.338 e. The Morgan fingerprint density at radius 1 is 1.56 bits per heavy atom. The number of hydrogen-bond acceptors (Lipinski definition) is 3. The van der Waals surface area contributed by atoms with E-state index in [1.54, 1.807) is 12.1 Å². The summed E-state index contributed by atoms with van der Waals surface area (Å²) in [7, 11) is 1.16. The number of benzene rings is 1. The fourth-order valence-corrected chi connectivity index (χ4v) is 2.28. The predicted molar refractivity (Wildman–Crippen MR) is 62.3 cm³/mol. The monoisotopic (exact) mass is 315 g/mol. The summed E-state index contributed by atoms with van der Waals surface area (Å²) in [6, 6.07) is 5.92. The summed E-state index contributed by atoms with van der Waals surface area (Å²) >= 11 is 3.15. The molecule has 0 spiro atoms. The highest BCUT2D eigenvalue weighted by atomic mass is 79.9. The third-order valence-corrected chi connectivity index (χ3v) is 3.52. The van der Waals surface area contributed by atoms with Gasteiger partial charge >= 0.3 is 5.97 Å². The van der Waals surface area contributed by atoms with Crippen LogP contribution in [0.4, 0.5) is 8.78 Å². The van der Waals surface area contributed by atoms with Gasteiger partial charge in [0.2, 0.25) is 0 Å². The van der Waals surface area contributed by atoms with Gasteiger partial charge in [-0.15, -0.1) is 0 Å². The molecule has 1 aromatic rings. The lowest BCUT2D eigenvalue weighted by Crippen LogP contribution is -2.19. The highest BCUT2D eigenvalue weighted by Crippen LogP contribution is 2.62. The van der Waals surface area contributed by atoms with Crippen LogP contribution in [-0.2, 0) is 10.2 Å². The molecule has 1 fully saturated rings. The number of halogens is 3. The summed E-state index contributed by atoms with van der Waals surface area (Å²) in [5, 5.41) is 9.02. The fraction of sp³-hybridized carbons (Fsp3) is 0.333. The summed E-state index contributed by atoms with van der Waals surface area (Å²) in [6.45, 7) is 0. The zero-order valence-electron chi connectivity index (χ0n) is 9.34. The summed E-state index contributed by atoms with van der Waals surface area (Å²) in [5.41, 5.74) is -1.91. The van der Waals surface area contributed by atoms with Crippen molar-refractivity contribution in [1.29, 1.82) is 5.26 Å². The van der Waals surface area contributed by atoms with Crippen molar-refractivity contribution in [3.05, 3.63) is 33.8 Å². The number of hydrogen-bond donors (Lipinski definition) is 0. The molecule has 1 unspecified atom stereocenters. The Labute approximate surface area is 110 Å².